The standard InChI is InChI=1S/C14H19N3O2S/c1-4-19-10-5-6-11-12(7-10)20-14(16-11)17-13(18)8(2)9(3)15/h5-9H,4,15H2,1-3H3,(H,16,17,18). The Morgan fingerprint density at radius 2 is 2.25 bits per heavy atom. The number of nitrogens with two attached hydrogens (primary N) is 1. The normalized spacial score (nSPS) is 14.0. The third-order valence-electron chi connectivity index (χ3n) is 3.10. The van der Waals surface area contributed by atoms with Gasteiger partial charge in [0.05, 0.1) is 22.7 Å². The minimum Gasteiger partial charge on any atom is -0.494 e. The van der Waals surface area contributed by atoms with Crippen molar-refractivity contribution in [3.8, 4) is 5.75 Å². The Labute approximate surface area is 122 Å². The smallest absolute Gasteiger partial charge is 0.230 e. The van der Waals surface area contributed by atoms with Gasteiger partial charge in [0.1, 0.15) is 5.75 Å². The summed E-state index contributed by atoms with van der Waals surface area (Å²) < 4.78 is 6.43. The number of fused-ring (bicyclic) bond motifs is 1. The van der Waals surface area contributed by atoms with Crippen LogP contribution in [0.25, 0.3) is 10.2 Å². The SMILES string of the molecule is CCOc1ccc2nc(NC(=O)C(C)C(C)N)sc2c1. The number of hydrogen-bond acceptors (Lipinski definition) is 5. The van der Waals surface area contributed by atoms with Crippen LogP contribution in [-0.4, -0.2) is 23.5 Å². The molecule has 6 heteroatoms. The largest absolute Gasteiger partial charge is 0.494 e. The molecule has 0 saturated heterocycles. The lowest BCUT2D eigenvalue weighted by Gasteiger charge is -2.13. The van der Waals surface area contributed by atoms with Crippen LogP contribution >= 0.6 is 11.3 Å². The lowest BCUT2D eigenvalue weighted by Crippen LogP contribution is -2.34. The second kappa shape index (κ2) is 6.19. The van der Waals surface area contributed by atoms with Gasteiger partial charge in [-0.05, 0) is 32.0 Å². The summed E-state index contributed by atoms with van der Waals surface area (Å²) in [6, 6.07) is 5.51. The summed E-state index contributed by atoms with van der Waals surface area (Å²) in [6.07, 6.45) is 0. The molecule has 0 fully saturated rings. The molecule has 2 atom stereocenters. The molecule has 0 radical (unpaired) electrons. The van der Waals surface area contributed by atoms with E-state index in [-0.39, 0.29) is 17.9 Å². The van der Waals surface area contributed by atoms with Crippen molar-refractivity contribution in [3.63, 3.8) is 0 Å². The van der Waals surface area contributed by atoms with Crippen LogP contribution in [0, 0.1) is 5.92 Å². The van der Waals surface area contributed by atoms with Crippen molar-refractivity contribution in [2.24, 2.45) is 11.7 Å². The second-order valence-corrected chi connectivity index (χ2v) is 5.75. The zero-order valence-electron chi connectivity index (χ0n) is 11.8. The molecular weight excluding hydrogens is 274 g/mol. The Balaban J connectivity index is 2.17. The molecule has 0 aliphatic rings. The van der Waals surface area contributed by atoms with Gasteiger partial charge in [-0.15, -0.1) is 0 Å². The maximum Gasteiger partial charge on any atom is 0.230 e. The maximum atomic E-state index is 12.0. The third-order valence-corrected chi connectivity index (χ3v) is 4.04. The minimum atomic E-state index is -0.249. The predicted molar refractivity (Wildman–Crippen MR) is 82.2 cm³/mol. The van der Waals surface area contributed by atoms with Crippen molar-refractivity contribution in [3.05, 3.63) is 18.2 Å². The number of nitrogens with zero attached hydrogens (tertiary/aromatic N) is 1. The molecule has 108 valence electrons. The molecule has 3 N–H and O–H groups in total. The van der Waals surface area contributed by atoms with Crippen molar-refractivity contribution >= 4 is 32.6 Å². The van der Waals surface area contributed by atoms with Crippen LogP contribution in [0.2, 0.25) is 0 Å². The fourth-order valence-electron chi connectivity index (χ4n) is 1.67. The molecule has 0 aliphatic heterocycles. The van der Waals surface area contributed by atoms with Crippen molar-refractivity contribution in [1.29, 1.82) is 0 Å². The number of carbonyl (C=O) groups is 1. The molecule has 0 aliphatic carbocycles. The van der Waals surface area contributed by atoms with E-state index in [1.807, 2.05) is 32.0 Å². The molecule has 0 saturated carbocycles. The Morgan fingerprint density at radius 1 is 1.50 bits per heavy atom. The fourth-order valence-corrected chi connectivity index (χ4v) is 2.57. The van der Waals surface area contributed by atoms with Crippen LogP contribution in [0.15, 0.2) is 18.2 Å². The monoisotopic (exact) mass is 293 g/mol. The first-order chi connectivity index (χ1) is 9.51. The van der Waals surface area contributed by atoms with E-state index < -0.39 is 0 Å². The molecular formula is C14H19N3O2S. The van der Waals surface area contributed by atoms with Gasteiger partial charge in [0.2, 0.25) is 5.91 Å². The lowest BCUT2D eigenvalue weighted by atomic mass is 10.0. The average Bonchev–Trinajstić information content (AvgIpc) is 2.79. The summed E-state index contributed by atoms with van der Waals surface area (Å²) in [5.74, 6) is 0.454. The van der Waals surface area contributed by atoms with Crippen LogP contribution in [0.4, 0.5) is 5.13 Å². The van der Waals surface area contributed by atoms with E-state index in [2.05, 4.69) is 10.3 Å². The van der Waals surface area contributed by atoms with Gasteiger partial charge in [0.25, 0.3) is 0 Å². The van der Waals surface area contributed by atoms with Crippen LogP contribution in [0.1, 0.15) is 20.8 Å². The van der Waals surface area contributed by atoms with Gasteiger partial charge >= 0.3 is 0 Å². The Bertz CT molecular complexity index is 609. The van der Waals surface area contributed by atoms with E-state index in [1.54, 1.807) is 6.92 Å². The number of ether oxygens (including phenoxy) is 1. The van der Waals surface area contributed by atoms with Gasteiger partial charge in [0, 0.05) is 6.04 Å². The number of anilines is 1. The first-order valence-corrected chi connectivity index (χ1v) is 7.42. The predicted octanol–water partition coefficient (Wildman–Crippen LogP) is 2.62. The molecule has 2 rings (SSSR count). The molecule has 20 heavy (non-hydrogen) atoms. The third kappa shape index (κ3) is 3.26. The molecule has 2 aromatic rings. The number of carbonyl (C=O) groups excluding carboxylic acids is 1. The Kier molecular flexibility index (Phi) is 4.57. The molecule has 1 aromatic carbocycles. The topological polar surface area (TPSA) is 77.2 Å². The number of rotatable bonds is 5. The highest BCUT2D eigenvalue weighted by atomic mass is 32.1. The van der Waals surface area contributed by atoms with Crippen LogP contribution < -0.4 is 15.8 Å². The van der Waals surface area contributed by atoms with Gasteiger partial charge in [-0.2, -0.15) is 0 Å². The summed E-state index contributed by atoms with van der Waals surface area (Å²) >= 11 is 1.43. The number of thiazole rings is 1. The maximum absolute atomic E-state index is 12.0. The van der Waals surface area contributed by atoms with E-state index >= 15 is 0 Å². The molecule has 0 bridgehead atoms. The van der Waals surface area contributed by atoms with Gasteiger partial charge in [-0.3, -0.25) is 4.79 Å². The number of nitrogens with one attached hydrogen (secondary N) is 1. The van der Waals surface area contributed by atoms with Crippen LogP contribution in [-0.2, 0) is 4.79 Å². The van der Waals surface area contributed by atoms with E-state index in [4.69, 9.17) is 10.5 Å². The number of aromatic nitrogens is 1. The second-order valence-electron chi connectivity index (χ2n) is 4.72. The van der Waals surface area contributed by atoms with Crippen molar-refractivity contribution in [2.75, 3.05) is 11.9 Å². The lowest BCUT2D eigenvalue weighted by molar-refractivity contribution is -0.119. The van der Waals surface area contributed by atoms with E-state index in [0.29, 0.717) is 11.7 Å². The Morgan fingerprint density at radius 3 is 2.90 bits per heavy atom. The van der Waals surface area contributed by atoms with Gasteiger partial charge in [-0.1, -0.05) is 18.3 Å². The van der Waals surface area contributed by atoms with Crippen molar-refractivity contribution in [2.45, 2.75) is 26.8 Å². The summed E-state index contributed by atoms with van der Waals surface area (Å²) in [6.45, 7) is 6.19. The fraction of sp³-hybridized carbons (Fsp3) is 0.429. The number of benzene rings is 1. The summed E-state index contributed by atoms with van der Waals surface area (Å²) in [4.78, 5) is 16.3. The van der Waals surface area contributed by atoms with E-state index in [1.165, 1.54) is 11.3 Å². The zero-order valence-corrected chi connectivity index (χ0v) is 12.7. The van der Waals surface area contributed by atoms with Crippen molar-refractivity contribution in [1.82, 2.24) is 4.98 Å². The van der Waals surface area contributed by atoms with Gasteiger partial charge in [-0.25, -0.2) is 4.98 Å². The first-order valence-electron chi connectivity index (χ1n) is 6.61. The Hall–Kier alpha value is -1.66. The van der Waals surface area contributed by atoms with Gasteiger partial charge in [0.15, 0.2) is 5.13 Å². The quantitative estimate of drug-likeness (QED) is 0.888. The molecule has 2 unspecified atom stereocenters. The number of hydrogen-bond donors (Lipinski definition) is 2. The summed E-state index contributed by atoms with van der Waals surface area (Å²) in [5, 5.41) is 3.40. The molecule has 1 aromatic heterocycles. The summed E-state index contributed by atoms with van der Waals surface area (Å²) in [5.41, 5.74) is 6.57. The zero-order chi connectivity index (χ0) is 14.7. The summed E-state index contributed by atoms with van der Waals surface area (Å²) in [7, 11) is 0. The molecule has 1 heterocycles. The number of amides is 1. The first kappa shape index (κ1) is 14.7. The highest BCUT2D eigenvalue weighted by Gasteiger charge is 2.18. The molecule has 0 spiro atoms. The van der Waals surface area contributed by atoms with Crippen LogP contribution in [0.3, 0.4) is 0 Å². The van der Waals surface area contributed by atoms with E-state index in [0.717, 1.165) is 16.0 Å². The molecule has 1 amide bonds. The van der Waals surface area contributed by atoms with Crippen molar-refractivity contribution < 1.29 is 9.53 Å². The average molecular weight is 293 g/mol. The van der Waals surface area contributed by atoms with Gasteiger partial charge < -0.3 is 15.8 Å². The highest BCUT2D eigenvalue weighted by Crippen LogP contribution is 2.29. The van der Waals surface area contributed by atoms with E-state index in [9.17, 15) is 4.79 Å². The molecule has 5 nitrogen and oxygen atoms in total. The minimum absolute atomic E-state index is 0.107. The highest BCUT2D eigenvalue weighted by molar-refractivity contribution is 7.22. The van der Waals surface area contributed by atoms with Crippen LogP contribution in [0.5, 0.6) is 5.75 Å².